The number of carbonyl (C=O) groups is 2. The summed E-state index contributed by atoms with van der Waals surface area (Å²) in [6, 6.07) is 0.764. The van der Waals surface area contributed by atoms with Crippen LogP contribution in [0.25, 0.3) is 0 Å². The van der Waals surface area contributed by atoms with E-state index in [0.29, 0.717) is 19.0 Å². The number of carbonyl (C=O) groups excluding carboxylic acids is 1. The summed E-state index contributed by atoms with van der Waals surface area (Å²) in [4.78, 5) is 34.8. The summed E-state index contributed by atoms with van der Waals surface area (Å²) in [7, 11) is 0. The van der Waals surface area contributed by atoms with Gasteiger partial charge in [0, 0.05) is 25.5 Å². The van der Waals surface area contributed by atoms with E-state index >= 15 is 0 Å². The molecule has 1 amide bonds. The van der Waals surface area contributed by atoms with Gasteiger partial charge in [-0.3, -0.25) is 0 Å². The van der Waals surface area contributed by atoms with Crippen LogP contribution in [0.2, 0.25) is 0 Å². The molecule has 2 rings (SSSR count). The van der Waals surface area contributed by atoms with Gasteiger partial charge in [0.1, 0.15) is 11.6 Å². The lowest BCUT2D eigenvalue weighted by Crippen LogP contribution is -2.59. The van der Waals surface area contributed by atoms with E-state index in [4.69, 9.17) is 4.74 Å². The molecule has 1 aromatic heterocycles. The van der Waals surface area contributed by atoms with Crippen LogP contribution in [-0.4, -0.2) is 63.3 Å². The van der Waals surface area contributed by atoms with Crippen molar-refractivity contribution >= 4 is 18.0 Å². The Balaban J connectivity index is 2.12. The van der Waals surface area contributed by atoms with Gasteiger partial charge in [-0.25, -0.2) is 19.6 Å². The number of aliphatic carboxylic acids is 1. The monoisotopic (exact) mass is 308 g/mol. The SMILES string of the molecule is CC(C)(C)OC(=O)N1CCN(c2ncccn2)[C@H](C(=O)O)C1. The molecule has 22 heavy (non-hydrogen) atoms. The molecule has 8 heteroatoms. The topological polar surface area (TPSA) is 95.9 Å². The largest absolute Gasteiger partial charge is 0.480 e. The molecule has 120 valence electrons. The molecule has 1 saturated heterocycles. The van der Waals surface area contributed by atoms with Crippen molar-refractivity contribution in [3.8, 4) is 0 Å². The average Bonchev–Trinajstić information content (AvgIpc) is 2.45. The summed E-state index contributed by atoms with van der Waals surface area (Å²) >= 11 is 0. The van der Waals surface area contributed by atoms with Crippen molar-refractivity contribution in [1.29, 1.82) is 0 Å². The first-order chi connectivity index (χ1) is 10.3. The summed E-state index contributed by atoms with van der Waals surface area (Å²) in [5.41, 5.74) is -0.616. The quantitative estimate of drug-likeness (QED) is 0.870. The number of hydrogen-bond donors (Lipinski definition) is 1. The maximum atomic E-state index is 12.1. The first-order valence-corrected chi connectivity index (χ1v) is 7.02. The highest BCUT2D eigenvalue weighted by atomic mass is 16.6. The van der Waals surface area contributed by atoms with Crippen molar-refractivity contribution in [1.82, 2.24) is 14.9 Å². The minimum absolute atomic E-state index is 0.0303. The average molecular weight is 308 g/mol. The second-order valence-electron chi connectivity index (χ2n) is 6.02. The van der Waals surface area contributed by atoms with E-state index in [2.05, 4.69) is 9.97 Å². The van der Waals surface area contributed by atoms with Crippen LogP contribution >= 0.6 is 0 Å². The molecule has 0 spiro atoms. The number of piperazine rings is 1. The number of nitrogens with zero attached hydrogens (tertiary/aromatic N) is 4. The molecular weight excluding hydrogens is 288 g/mol. The molecule has 0 unspecified atom stereocenters. The number of rotatable bonds is 2. The van der Waals surface area contributed by atoms with Crippen molar-refractivity contribution in [3.63, 3.8) is 0 Å². The zero-order valence-electron chi connectivity index (χ0n) is 12.9. The van der Waals surface area contributed by atoms with Crippen molar-refractivity contribution in [2.24, 2.45) is 0 Å². The van der Waals surface area contributed by atoms with E-state index in [0.717, 1.165) is 0 Å². The molecule has 1 aliphatic heterocycles. The highest BCUT2D eigenvalue weighted by Gasteiger charge is 2.37. The van der Waals surface area contributed by atoms with E-state index in [1.54, 1.807) is 44.1 Å². The summed E-state index contributed by atoms with van der Waals surface area (Å²) in [5, 5.41) is 9.43. The first kappa shape index (κ1) is 16.0. The molecule has 0 bridgehead atoms. The number of amides is 1. The van der Waals surface area contributed by atoms with Crippen molar-refractivity contribution in [3.05, 3.63) is 18.5 Å². The third-order valence-electron chi connectivity index (χ3n) is 3.13. The Kier molecular flexibility index (Phi) is 4.48. The highest BCUT2D eigenvalue weighted by molar-refractivity contribution is 5.79. The second kappa shape index (κ2) is 6.17. The maximum absolute atomic E-state index is 12.1. The summed E-state index contributed by atoms with van der Waals surface area (Å²) in [6.07, 6.45) is 2.61. The number of hydrogen-bond acceptors (Lipinski definition) is 6. The van der Waals surface area contributed by atoms with Crippen LogP contribution in [0.4, 0.5) is 10.7 Å². The lowest BCUT2D eigenvalue weighted by atomic mass is 10.1. The van der Waals surface area contributed by atoms with Gasteiger partial charge in [-0.05, 0) is 26.8 Å². The summed E-state index contributed by atoms with van der Waals surface area (Å²) in [6.45, 7) is 6.04. The molecule has 1 aliphatic rings. The van der Waals surface area contributed by atoms with Crippen LogP contribution in [-0.2, 0) is 9.53 Å². The van der Waals surface area contributed by atoms with Gasteiger partial charge >= 0.3 is 12.1 Å². The standard InChI is InChI=1S/C14H20N4O4/c1-14(2,3)22-13(21)17-7-8-18(10(9-17)11(19)20)12-15-5-4-6-16-12/h4-6,10H,7-9H2,1-3H3,(H,19,20)/t10-/m0/s1. The third kappa shape index (κ3) is 3.84. The molecule has 1 atom stereocenters. The molecular formula is C14H20N4O4. The smallest absolute Gasteiger partial charge is 0.410 e. The van der Waals surface area contributed by atoms with E-state index in [-0.39, 0.29) is 6.54 Å². The Morgan fingerprint density at radius 3 is 2.45 bits per heavy atom. The maximum Gasteiger partial charge on any atom is 0.410 e. The lowest BCUT2D eigenvalue weighted by Gasteiger charge is -2.39. The molecule has 0 radical (unpaired) electrons. The zero-order valence-corrected chi connectivity index (χ0v) is 12.9. The van der Waals surface area contributed by atoms with Crippen LogP contribution in [0, 0.1) is 0 Å². The van der Waals surface area contributed by atoms with Crippen LogP contribution in [0.5, 0.6) is 0 Å². The van der Waals surface area contributed by atoms with Gasteiger partial charge in [0.05, 0.1) is 6.54 Å². The van der Waals surface area contributed by atoms with Gasteiger partial charge in [0.15, 0.2) is 0 Å². The van der Waals surface area contributed by atoms with Gasteiger partial charge < -0.3 is 19.6 Å². The van der Waals surface area contributed by atoms with Gasteiger partial charge in [0.2, 0.25) is 5.95 Å². The predicted octanol–water partition coefficient (Wildman–Crippen LogP) is 0.987. The fraction of sp³-hybridized carbons (Fsp3) is 0.571. The van der Waals surface area contributed by atoms with Crippen molar-refractivity contribution in [2.45, 2.75) is 32.4 Å². The molecule has 1 fully saturated rings. The number of carboxylic acid groups (broad SMARTS) is 1. The Bertz CT molecular complexity index is 544. The molecule has 8 nitrogen and oxygen atoms in total. The fourth-order valence-corrected chi connectivity index (χ4v) is 2.17. The van der Waals surface area contributed by atoms with E-state index in [1.807, 2.05) is 0 Å². The normalized spacial score (nSPS) is 19.0. The van der Waals surface area contributed by atoms with Gasteiger partial charge in [-0.1, -0.05) is 0 Å². The van der Waals surface area contributed by atoms with Crippen molar-refractivity contribution < 1.29 is 19.4 Å². The Hall–Kier alpha value is -2.38. The van der Waals surface area contributed by atoms with Gasteiger partial charge in [-0.15, -0.1) is 0 Å². The molecule has 0 aliphatic carbocycles. The third-order valence-corrected chi connectivity index (χ3v) is 3.13. The van der Waals surface area contributed by atoms with Crippen LogP contribution in [0.3, 0.4) is 0 Å². The molecule has 1 aromatic rings. The zero-order chi connectivity index (χ0) is 16.3. The van der Waals surface area contributed by atoms with Crippen LogP contribution < -0.4 is 4.90 Å². The van der Waals surface area contributed by atoms with Crippen LogP contribution in [0.15, 0.2) is 18.5 Å². The number of anilines is 1. The van der Waals surface area contributed by atoms with Crippen molar-refractivity contribution in [2.75, 3.05) is 24.5 Å². The van der Waals surface area contributed by atoms with E-state index < -0.39 is 23.7 Å². The second-order valence-corrected chi connectivity index (χ2v) is 6.02. The molecule has 2 heterocycles. The van der Waals surface area contributed by atoms with E-state index in [9.17, 15) is 14.7 Å². The lowest BCUT2D eigenvalue weighted by molar-refractivity contribution is -0.139. The highest BCUT2D eigenvalue weighted by Crippen LogP contribution is 2.18. The Morgan fingerprint density at radius 2 is 1.91 bits per heavy atom. The van der Waals surface area contributed by atoms with Crippen LogP contribution in [0.1, 0.15) is 20.8 Å². The Labute approximate surface area is 128 Å². The molecule has 1 N–H and O–H groups in total. The molecule has 0 saturated carbocycles. The summed E-state index contributed by atoms with van der Waals surface area (Å²) in [5.74, 6) is -0.681. The minimum atomic E-state index is -1.03. The van der Waals surface area contributed by atoms with Gasteiger partial charge in [-0.2, -0.15) is 0 Å². The predicted molar refractivity (Wildman–Crippen MR) is 78.6 cm³/mol. The van der Waals surface area contributed by atoms with E-state index in [1.165, 1.54) is 4.90 Å². The van der Waals surface area contributed by atoms with Gasteiger partial charge in [0.25, 0.3) is 0 Å². The minimum Gasteiger partial charge on any atom is -0.480 e. The Morgan fingerprint density at radius 1 is 1.27 bits per heavy atom. The first-order valence-electron chi connectivity index (χ1n) is 7.02. The molecule has 0 aromatic carbocycles. The number of carboxylic acids is 1. The summed E-state index contributed by atoms with van der Waals surface area (Å²) < 4.78 is 5.29. The fourth-order valence-electron chi connectivity index (χ4n) is 2.17. The number of aromatic nitrogens is 2. The number of ether oxygens (including phenoxy) is 1.